The molecular weight excluding hydrogens is 178 g/mol. The van der Waals surface area contributed by atoms with Crippen LogP contribution in [0.5, 0.6) is 0 Å². The van der Waals surface area contributed by atoms with Crippen LogP contribution in [0.2, 0.25) is 0 Å². The second-order valence-electron chi connectivity index (χ2n) is 3.80. The van der Waals surface area contributed by atoms with Crippen LogP contribution in [0.4, 0.5) is 0 Å². The predicted octanol–water partition coefficient (Wildman–Crippen LogP) is -0.326. The number of carbonyl (C=O) groups excluding carboxylic acids is 1. The van der Waals surface area contributed by atoms with Crippen LogP contribution in [-0.4, -0.2) is 5.97 Å². The summed E-state index contributed by atoms with van der Waals surface area (Å²) in [5.41, 5.74) is 4.73. The molecule has 0 spiro atoms. The smallest absolute Gasteiger partial charge is 0.118 e. The fourth-order valence-corrected chi connectivity index (χ4v) is 1.36. The van der Waals surface area contributed by atoms with Crippen molar-refractivity contribution in [3.05, 3.63) is 35.9 Å². The second kappa shape index (κ2) is 4.24. The van der Waals surface area contributed by atoms with Crippen molar-refractivity contribution in [2.75, 3.05) is 0 Å². The molecule has 1 aromatic rings. The highest BCUT2D eigenvalue weighted by Gasteiger charge is 2.24. The van der Waals surface area contributed by atoms with Gasteiger partial charge < -0.3 is 15.6 Å². The van der Waals surface area contributed by atoms with Crippen molar-refractivity contribution in [1.82, 2.24) is 0 Å². The first-order valence-electron chi connectivity index (χ1n) is 4.63. The van der Waals surface area contributed by atoms with E-state index in [1.54, 1.807) is 0 Å². The Kier molecular flexibility index (Phi) is 3.25. The first-order chi connectivity index (χ1) is 6.52. The molecule has 0 bridgehead atoms. The molecule has 0 heterocycles. The van der Waals surface area contributed by atoms with Crippen molar-refractivity contribution in [1.29, 1.82) is 0 Å². The van der Waals surface area contributed by atoms with E-state index in [4.69, 9.17) is 0 Å². The van der Waals surface area contributed by atoms with Crippen molar-refractivity contribution in [3.8, 4) is 0 Å². The minimum Gasteiger partial charge on any atom is -0.550 e. The summed E-state index contributed by atoms with van der Waals surface area (Å²) in [5.74, 6) is -1.02. The van der Waals surface area contributed by atoms with Crippen LogP contribution >= 0.6 is 0 Å². The van der Waals surface area contributed by atoms with Gasteiger partial charge in [-0.05, 0) is 13.3 Å². The highest BCUT2D eigenvalue weighted by molar-refractivity contribution is 5.64. The molecule has 0 aromatic heterocycles. The van der Waals surface area contributed by atoms with Crippen molar-refractivity contribution in [2.24, 2.45) is 0 Å². The Morgan fingerprint density at radius 2 is 2.00 bits per heavy atom. The first kappa shape index (κ1) is 10.7. The third-order valence-corrected chi connectivity index (χ3v) is 2.35. The molecule has 14 heavy (non-hydrogen) atoms. The summed E-state index contributed by atoms with van der Waals surface area (Å²) in [6.07, 6.45) is 0.550. The Morgan fingerprint density at radius 1 is 1.43 bits per heavy atom. The van der Waals surface area contributed by atoms with Crippen LogP contribution in [0, 0.1) is 0 Å². The number of hydrogen-bond donors (Lipinski definition) is 1. The SMILES string of the molecule is C[C@@]([NH3+])(CCC(=O)[O-])c1ccccc1. The third-order valence-electron chi connectivity index (χ3n) is 2.35. The van der Waals surface area contributed by atoms with Crippen LogP contribution < -0.4 is 10.8 Å². The average molecular weight is 193 g/mol. The molecule has 1 atom stereocenters. The Morgan fingerprint density at radius 3 is 2.50 bits per heavy atom. The summed E-state index contributed by atoms with van der Waals surface area (Å²) < 4.78 is 0. The van der Waals surface area contributed by atoms with Gasteiger partial charge in [0.1, 0.15) is 5.54 Å². The summed E-state index contributed by atoms with van der Waals surface area (Å²) in [5, 5.41) is 10.3. The quantitative estimate of drug-likeness (QED) is 0.711. The van der Waals surface area contributed by atoms with Crippen molar-refractivity contribution in [3.63, 3.8) is 0 Å². The van der Waals surface area contributed by atoms with E-state index < -0.39 is 5.97 Å². The zero-order valence-electron chi connectivity index (χ0n) is 8.32. The molecule has 0 saturated carbocycles. The number of quaternary nitrogens is 1. The number of aliphatic carboxylic acids is 1. The van der Waals surface area contributed by atoms with Gasteiger partial charge >= 0.3 is 0 Å². The lowest BCUT2D eigenvalue weighted by molar-refractivity contribution is -0.484. The molecule has 1 rings (SSSR count). The number of carboxylic acid groups (broad SMARTS) is 1. The van der Waals surface area contributed by atoms with Crippen LogP contribution in [0.3, 0.4) is 0 Å². The van der Waals surface area contributed by atoms with Gasteiger partial charge in [-0.1, -0.05) is 30.3 Å². The molecule has 0 unspecified atom stereocenters. The predicted molar refractivity (Wildman–Crippen MR) is 50.9 cm³/mol. The zero-order valence-corrected chi connectivity index (χ0v) is 8.32. The van der Waals surface area contributed by atoms with Crippen LogP contribution in [0.1, 0.15) is 25.3 Å². The highest BCUT2D eigenvalue weighted by atomic mass is 16.4. The molecule has 0 radical (unpaired) electrons. The van der Waals surface area contributed by atoms with E-state index in [-0.39, 0.29) is 12.0 Å². The lowest BCUT2D eigenvalue weighted by atomic mass is 9.88. The van der Waals surface area contributed by atoms with E-state index in [2.05, 4.69) is 5.73 Å². The molecule has 3 N–H and O–H groups in total. The fraction of sp³-hybridized carbons (Fsp3) is 0.364. The van der Waals surface area contributed by atoms with Crippen molar-refractivity contribution in [2.45, 2.75) is 25.3 Å². The standard InChI is InChI=1S/C11H15NO2/c1-11(12,8-7-10(13)14)9-5-3-2-4-6-9/h2-6H,7-8,12H2,1H3,(H,13,14)/t11-/m1/s1. The molecule has 1 aromatic carbocycles. The van der Waals surface area contributed by atoms with Gasteiger partial charge in [0.15, 0.2) is 0 Å². The lowest BCUT2D eigenvalue weighted by Gasteiger charge is -2.21. The molecule has 0 aliphatic carbocycles. The Labute approximate surface area is 83.6 Å². The van der Waals surface area contributed by atoms with E-state index in [1.807, 2.05) is 37.3 Å². The average Bonchev–Trinajstić information content (AvgIpc) is 2.16. The summed E-state index contributed by atoms with van der Waals surface area (Å²) in [6, 6.07) is 9.71. The van der Waals surface area contributed by atoms with Crippen molar-refractivity contribution >= 4 is 5.97 Å². The molecule has 0 saturated heterocycles. The molecule has 3 nitrogen and oxygen atoms in total. The van der Waals surface area contributed by atoms with E-state index >= 15 is 0 Å². The van der Waals surface area contributed by atoms with E-state index in [9.17, 15) is 9.90 Å². The first-order valence-corrected chi connectivity index (χ1v) is 4.63. The van der Waals surface area contributed by atoms with Gasteiger partial charge in [-0.3, -0.25) is 0 Å². The fourth-order valence-electron chi connectivity index (χ4n) is 1.36. The number of carboxylic acids is 1. The maximum Gasteiger partial charge on any atom is 0.118 e. The number of hydrogen-bond acceptors (Lipinski definition) is 2. The Bertz CT molecular complexity index is 306. The largest absolute Gasteiger partial charge is 0.550 e. The molecule has 3 heteroatoms. The topological polar surface area (TPSA) is 67.8 Å². The molecule has 0 amide bonds. The minimum absolute atomic E-state index is 0.0505. The van der Waals surface area contributed by atoms with Gasteiger partial charge in [0.25, 0.3) is 0 Å². The van der Waals surface area contributed by atoms with Gasteiger partial charge in [-0.2, -0.15) is 0 Å². The number of rotatable bonds is 4. The molecular formula is C11H15NO2. The number of benzene rings is 1. The van der Waals surface area contributed by atoms with Gasteiger partial charge in [-0.15, -0.1) is 0 Å². The Hall–Kier alpha value is -1.35. The van der Waals surface area contributed by atoms with E-state index in [0.29, 0.717) is 6.42 Å². The second-order valence-corrected chi connectivity index (χ2v) is 3.80. The van der Waals surface area contributed by atoms with Gasteiger partial charge in [0, 0.05) is 18.0 Å². The molecule has 0 aliphatic rings. The minimum atomic E-state index is -1.02. The lowest BCUT2D eigenvalue weighted by Crippen LogP contribution is -2.68. The summed E-state index contributed by atoms with van der Waals surface area (Å²) >= 11 is 0. The Balaban J connectivity index is 2.70. The van der Waals surface area contributed by atoms with Crippen LogP contribution in [0.25, 0.3) is 0 Å². The van der Waals surface area contributed by atoms with Crippen LogP contribution in [-0.2, 0) is 10.3 Å². The van der Waals surface area contributed by atoms with Gasteiger partial charge in [0.05, 0.1) is 0 Å². The molecule has 0 fully saturated rings. The van der Waals surface area contributed by atoms with Crippen molar-refractivity contribution < 1.29 is 15.6 Å². The van der Waals surface area contributed by atoms with E-state index in [0.717, 1.165) is 5.56 Å². The highest BCUT2D eigenvalue weighted by Crippen LogP contribution is 2.20. The maximum absolute atomic E-state index is 10.3. The summed E-state index contributed by atoms with van der Waals surface area (Å²) in [6.45, 7) is 1.94. The molecule has 0 aliphatic heterocycles. The van der Waals surface area contributed by atoms with Gasteiger partial charge in [-0.25, -0.2) is 0 Å². The summed E-state index contributed by atoms with van der Waals surface area (Å²) in [4.78, 5) is 10.3. The monoisotopic (exact) mass is 193 g/mol. The third kappa shape index (κ3) is 2.85. The zero-order chi connectivity index (χ0) is 10.6. The van der Waals surface area contributed by atoms with Crippen LogP contribution in [0.15, 0.2) is 30.3 Å². The maximum atomic E-state index is 10.3. The van der Waals surface area contributed by atoms with Gasteiger partial charge in [0.2, 0.25) is 0 Å². The molecule has 76 valence electrons. The normalized spacial score (nSPS) is 14.7. The number of carbonyl (C=O) groups is 1. The van der Waals surface area contributed by atoms with E-state index in [1.165, 1.54) is 0 Å². The summed E-state index contributed by atoms with van der Waals surface area (Å²) in [7, 11) is 0.